The number of phenolic OH excluding ortho intramolecular Hbond substituents is 1. The van der Waals surface area contributed by atoms with E-state index in [2.05, 4.69) is 14.5 Å². The van der Waals surface area contributed by atoms with Crippen LogP contribution in [0.5, 0.6) is 11.5 Å². The minimum Gasteiger partial charge on any atom is -0.504 e. The van der Waals surface area contributed by atoms with Gasteiger partial charge in [0.2, 0.25) is 0 Å². The van der Waals surface area contributed by atoms with E-state index in [4.69, 9.17) is 4.74 Å². The van der Waals surface area contributed by atoms with Gasteiger partial charge < -0.3 is 14.4 Å². The van der Waals surface area contributed by atoms with E-state index in [9.17, 15) is 5.11 Å². The highest BCUT2D eigenvalue weighted by Crippen LogP contribution is 2.44. The van der Waals surface area contributed by atoms with E-state index in [0.29, 0.717) is 17.4 Å². The second-order valence-electron chi connectivity index (χ2n) is 5.26. The third kappa shape index (κ3) is 1.85. The lowest BCUT2D eigenvalue weighted by atomic mass is 10.1. The zero-order chi connectivity index (χ0) is 14.4. The first-order valence-electron chi connectivity index (χ1n) is 6.98. The van der Waals surface area contributed by atoms with Crippen molar-refractivity contribution in [2.45, 2.75) is 18.9 Å². The van der Waals surface area contributed by atoms with Crippen LogP contribution in [-0.2, 0) is 0 Å². The molecule has 3 aromatic rings. The topological polar surface area (TPSA) is 60.2 Å². The smallest absolute Gasteiger partial charge is 0.168 e. The molecule has 1 aromatic carbocycles. The zero-order valence-electron chi connectivity index (χ0n) is 11.7. The molecule has 21 heavy (non-hydrogen) atoms. The van der Waals surface area contributed by atoms with Crippen molar-refractivity contribution in [1.29, 1.82) is 0 Å². The molecule has 0 spiro atoms. The van der Waals surface area contributed by atoms with Crippen LogP contribution in [0.1, 0.15) is 18.9 Å². The molecule has 0 amide bonds. The molecule has 106 valence electrons. The Balaban J connectivity index is 2.00. The number of hydrogen-bond acceptors (Lipinski definition) is 4. The van der Waals surface area contributed by atoms with Crippen LogP contribution in [0.25, 0.3) is 22.4 Å². The van der Waals surface area contributed by atoms with Gasteiger partial charge in [0.05, 0.1) is 24.4 Å². The normalized spacial score (nSPS) is 14.5. The number of aromatic hydroxyl groups is 1. The average Bonchev–Trinajstić information content (AvgIpc) is 3.27. The van der Waals surface area contributed by atoms with Gasteiger partial charge in [-0.25, -0.2) is 4.98 Å². The molecular weight excluding hydrogens is 266 g/mol. The lowest BCUT2D eigenvalue weighted by Gasteiger charge is -2.11. The summed E-state index contributed by atoms with van der Waals surface area (Å²) < 4.78 is 7.40. The summed E-state index contributed by atoms with van der Waals surface area (Å²) in [5.74, 6) is 1.36. The molecule has 1 fully saturated rings. The minimum atomic E-state index is 0.130. The molecule has 1 N–H and O–H groups in total. The van der Waals surface area contributed by atoms with Crippen molar-refractivity contribution in [1.82, 2.24) is 14.5 Å². The fraction of sp³-hybridized carbons (Fsp3) is 0.250. The van der Waals surface area contributed by atoms with Crippen molar-refractivity contribution in [3.63, 3.8) is 0 Å². The van der Waals surface area contributed by atoms with E-state index < -0.39 is 0 Å². The lowest BCUT2D eigenvalue weighted by Crippen LogP contribution is -1.98. The molecule has 5 heteroatoms. The Bertz CT molecular complexity index is 822. The third-order valence-corrected chi connectivity index (χ3v) is 3.86. The van der Waals surface area contributed by atoms with E-state index in [1.165, 1.54) is 0 Å². The number of ether oxygens (including phenoxy) is 1. The number of pyridine rings is 1. The summed E-state index contributed by atoms with van der Waals surface area (Å²) in [5, 5.41) is 10.4. The number of imidazole rings is 1. The number of para-hydroxylation sites is 1. The maximum Gasteiger partial charge on any atom is 0.168 e. The van der Waals surface area contributed by atoms with Crippen LogP contribution in [-0.4, -0.2) is 26.8 Å². The van der Waals surface area contributed by atoms with Crippen LogP contribution in [0, 0.1) is 0 Å². The number of benzene rings is 1. The molecule has 1 aliphatic carbocycles. The quantitative estimate of drug-likeness (QED) is 0.801. The maximum absolute atomic E-state index is 10.4. The predicted octanol–water partition coefficient (Wildman–Crippen LogP) is 3.15. The zero-order valence-corrected chi connectivity index (χ0v) is 11.7. The Hall–Kier alpha value is -2.56. The molecule has 5 nitrogen and oxygen atoms in total. The Kier molecular flexibility index (Phi) is 2.60. The fourth-order valence-corrected chi connectivity index (χ4v) is 2.71. The lowest BCUT2D eigenvalue weighted by molar-refractivity contribution is 0.374. The number of phenols is 1. The second kappa shape index (κ2) is 4.48. The van der Waals surface area contributed by atoms with Gasteiger partial charge in [-0.15, -0.1) is 0 Å². The standard InChI is InChI=1S/C16H15N3O2/c1-21-14-4-2-3-11(15(14)20)16-18-12-9-17-8-7-13(12)19(16)10-5-6-10/h2-4,7-10,20H,5-6H2,1H3. The average molecular weight is 281 g/mol. The molecule has 1 aliphatic rings. The van der Waals surface area contributed by atoms with Gasteiger partial charge in [0.15, 0.2) is 11.5 Å². The number of methoxy groups -OCH3 is 1. The summed E-state index contributed by atoms with van der Waals surface area (Å²) >= 11 is 0. The van der Waals surface area contributed by atoms with E-state index in [1.807, 2.05) is 18.2 Å². The third-order valence-electron chi connectivity index (χ3n) is 3.86. The van der Waals surface area contributed by atoms with E-state index >= 15 is 0 Å². The maximum atomic E-state index is 10.4. The SMILES string of the molecule is COc1cccc(-c2nc3cnccc3n2C2CC2)c1O. The van der Waals surface area contributed by atoms with Crippen molar-refractivity contribution < 1.29 is 9.84 Å². The highest BCUT2D eigenvalue weighted by Gasteiger charge is 2.29. The number of fused-ring (bicyclic) bond motifs is 1. The summed E-state index contributed by atoms with van der Waals surface area (Å²) in [7, 11) is 1.55. The van der Waals surface area contributed by atoms with Crippen LogP contribution >= 0.6 is 0 Å². The number of rotatable bonds is 3. The van der Waals surface area contributed by atoms with Crippen LogP contribution in [0.15, 0.2) is 36.7 Å². The Morgan fingerprint density at radius 3 is 2.90 bits per heavy atom. The number of aromatic nitrogens is 3. The van der Waals surface area contributed by atoms with Crippen LogP contribution < -0.4 is 4.74 Å². The summed E-state index contributed by atoms with van der Waals surface area (Å²) in [6, 6.07) is 7.90. The van der Waals surface area contributed by atoms with Gasteiger partial charge in [-0.1, -0.05) is 6.07 Å². The van der Waals surface area contributed by atoms with Gasteiger partial charge in [0, 0.05) is 12.2 Å². The Morgan fingerprint density at radius 1 is 1.29 bits per heavy atom. The first-order valence-corrected chi connectivity index (χ1v) is 6.98. The largest absolute Gasteiger partial charge is 0.504 e. The molecule has 2 aromatic heterocycles. The molecule has 0 aliphatic heterocycles. The highest BCUT2D eigenvalue weighted by atomic mass is 16.5. The first kappa shape index (κ1) is 12.2. The summed E-state index contributed by atoms with van der Waals surface area (Å²) in [4.78, 5) is 8.80. The van der Waals surface area contributed by atoms with Crippen molar-refractivity contribution in [2.24, 2.45) is 0 Å². The Morgan fingerprint density at radius 2 is 2.14 bits per heavy atom. The van der Waals surface area contributed by atoms with Crippen molar-refractivity contribution >= 4 is 11.0 Å². The summed E-state index contributed by atoms with van der Waals surface area (Å²) in [6.45, 7) is 0. The van der Waals surface area contributed by atoms with Gasteiger partial charge >= 0.3 is 0 Å². The second-order valence-corrected chi connectivity index (χ2v) is 5.26. The van der Waals surface area contributed by atoms with E-state index in [-0.39, 0.29) is 5.75 Å². The molecule has 0 radical (unpaired) electrons. The monoisotopic (exact) mass is 281 g/mol. The molecule has 0 atom stereocenters. The van der Waals surface area contributed by atoms with Crippen LogP contribution in [0.3, 0.4) is 0 Å². The van der Waals surface area contributed by atoms with Crippen LogP contribution in [0.2, 0.25) is 0 Å². The molecule has 2 heterocycles. The molecule has 4 rings (SSSR count). The summed E-state index contributed by atoms with van der Waals surface area (Å²) in [6.07, 6.45) is 5.82. The Labute approximate surface area is 121 Å². The van der Waals surface area contributed by atoms with Crippen molar-refractivity contribution in [3.05, 3.63) is 36.7 Å². The van der Waals surface area contributed by atoms with Crippen molar-refractivity contribution in [2.75, 3.05) is 7.11 Å². The molecule has 1 saturated carbocycles. The number of hydrogen-bond donors (Lipinski definition) is 1. The van der Waals surface area contributed by atoms with E-state index in [0.717, 1.165) is 29.7 Å². The minimum absolute atomic E-state index is 0.130. The highest BCUT2D eigenvalue weighted by molar-refractivity contribution is 5.82. The van der Waals surface area contributed by atoms with Gasteiger partial charge in [0.1, 0.15) is 11.3 Å². The number of nitrogens with zero attached hydrogens (tertiary/aromatic N) is 3. The molecular formula is C16H15N3O2. The van der Waals surface area contributed by atoms with Gasteiger partial charge in [0.25, 0.3) is 0 Å². The summed E-state index contributed by atoms with van der Waals surface area (Å²) in [5.41, 5.74) is 2.60. The van der Waals surface area contributed by atoms with Gasteiger partial charge in [-0.3, -0.25) is 4.98 Å². The van der Waals surface area contributed by atoms with Crippen molar-refractivity contribution in [3.8, 4) is 22.9 Å². The molecule has 0 bridgehead atoms. The van der Waals surface area contributed by atoms with Gasteiger partial charge in [-0.2, -0.15) is 0 Å². The first-order chi connectivity index (χ1) is 10.3. The van der Waals surface area contributed by atoms with Gasteiger partial charge in [-0.05, 0) is 31.0 Å². The predicted molar refractivity (Wildman–Crippen MR) is 79.5 cm³/mol. The van der Waals surface area contributed by atoms with E-state index in [1.54, 1.807) is 25.6 Å². The molecule has 0 saturated heterocycles. The molecule has 0 unspecified atom stereocenters. The fourth-order valence-electron chi connectivity index (χ4n) is 2.71. The van der Waals surface area contributed by atoms with Crippen LogP contribution in [0.4, 0.5) is 0 Å².